The van der Waals surface area contributed by atoms with Crippen LogP contribution in [0.3, 0.4) is 0 Å². The van der Waals surface area contributed by atoms with Gasteiger partial charge in [0.25, 0.3) is 5.89 Å². The molecule has 7 heteroatoms. The number of anilines is 1. The minimum absolute atomic E-state index is 0.180. The standard InChI is InChI=1S/C28H38N4O3/c1-10-20-15-21(13-18(4)23(20)11-12-24(33)34-28(6,7)8)25-30-27(35-31-25)22-14-19(5)26(29-16-22)32(9)17(2)3/h13-17H,10-12H2,1-9H3. The molecule has 0 aliphatic rings. The molecule has 1 aromatic carbocycles. The van der Waals surface area contributed by atoms with E-state index in [1.807, 2.05) is 40.8 Å². The first-order valence-corrected chi connectivity index (χ1v) is 12.3. The second kappa shape index (κ2) is 10.6. The summed E-state index contributed by atoms with van der Waals surface area (Å²) in [7, 11) is 2.04. The van der Waals surface area contributed by atoms with Gasteiger partial charge in [0.1, 0.15) is 11.4 Å². The van der Waals surface area contributed by atoms with E-state index in [0.29, 0.717) is 30.6 Å². The molecule has 0 spiro atoms. The van der Waals surface area contributed by atoms with Crippen LogP contribution in [-0.4, -0.2) is 39.8 Å². The highest BCUT2D eigenvalue weighted by atomic mass is 16.6. The number of pyridine rings is 1. The van der Waals surface area contributed by atoms with Gasteiger partial charge in [0.15, 0.2) is 0 Å². The molecule has 2 aromatic heterocycles. The molecule has 0 N–H and O–H groups in total. The van der Waals surface area contributed by atoms with Gasteiger partial charge in [-0.05, 0) is 102 Å². The molecule has 7 nitrogen and oxygen atoms in total. The van der Waals surface area contributed by atoms with Gasteiger partial charge in [0, 0.05) is 31.3 Å². The van der Waals surface area contributed by atoms with Crippen LogP contribution in [0.25, 0.3) is 22.8 Å². The fourth-order valence-electron chi connectivity index (χ4n) is 4.07. The van der Waals surface area contributed by atoms with E-state index in [-0.39, 0.29) is 5.97 Å². The second-order valence-corrected chi connectivity index (χ2v) is 10.4. The summed E-state index contributed by atoms with van der Waals surface area (Å²) < 4.78 is 11.1. The Bertz CT molecular complexity index is 1190. The average molecular weight is 479 g/mol. The Kier molecular flexibility index (Phi) is 7.98. The smallest absolute Gasteiger partial charge is 0.306 e. The van der Waals surface area contributed by atoms with Gasteiger partial charge in [-0.25, -0.2) is 4.98 Å². The van der Waals surface area contributed by atoms with E-state index < -0.39 is 5.60 Å². The summed E-state index contributed by atoms with van der Waals surface area (Å²) >= 11 is 0. The maximum absolute atomic E-state index is 12.2. The van der Waals surface area contributed by atoms with Crippen molar-refractivity contribution >= 4 is 11.8 Å². The molecule has 0 fully saturated rings. The van der Waals surface area contributed by atoms with Crippen molar-refractivity contribution in [1.29, 1.82) is 0 Å². The fraction of sp³-hybridized carbons (Fsp3) is 0.500. The summed E-state index contributed by atoms with van der Waals surface area (Å²) in [5, 5.41) is 4.24. The first-order chi connectivity index (χ1) is 16.4. The van der Waals surface area contributed by atoms with Crippen LogP contribution in [-0.2, 0) is 22.4 Å². The van der Waals surface area contributed by atoms with Gasteiger partial charge in [-0.2, -0.15) is 4.98 Å². The number of carbonyl (C=O) groups is 1. The predicted octanol–water partition coefficient (Wildman–Crippen LogP) is 6.10. The number of aryl methyl sites for hydroxylation is 3. The van der Waals surface area contributed by atoms with Gasteiger partial charge in [-0.3, -0.25) is 4.79 Å². The van der Waals surface area contributed by atoms with Crippen LogP contribution in [0.4, 0.5) is 5.82 Å². The third-order valence-corrected chi connectivity index (χ3v) is 6.04. The number of hydrogen-bond donors (Lipinski definition) is 0. The Morgan fingerprint density at radius 2 is 1.80 bits per heavy atom. The minimum Gasteiger partial charge on any atom is -0.460 e. The fourth-order valence-corrected chi connectivity index (χ4v) is 4.07. The summed E-state index contributed by atoms with van der Waals surface area (Å²) in [6.07, 6.45) is 3.62. The molecule has 0 saturated carbocycles. The highest BCUT2D eigenvalue weighted by Gasteiger charge is 2.19. The van der Waals surface area contributed by atoms with E-state index in [4.69, 9.17) is 9.26 Å². The van der Waals surface area contributed by atoms with Crippen molar-refractivity contribution in [1.82, 2.24) is 15.1 Å². The van der Waals surface area contributed by atoms with Gasteiger partial charge in [-0.1, -0.05) is 12.1 Å². The van der Waals surface area contributed by atoms with Crippen molar-refractivity contribution in [3.63, 3.8) is 0 Å². The van der Waals surface area contributed by atoms with Gasteiger partial charge in [0.05, 0.1) is 5.56 Å². The Morgan fingerprint density at radius 3 is 2.40 bits per heavy atom. The lowest BCUT2D eigenvalue weighted by atomic mass is 9.93. The number of aromatic nitrogens is 3. The van der Waals surface area contributed by atoms with Crippen LogP contribution in [0.2, 0.25) is 0 Å². The highest BCUT2D eigenvalue weighted by Crippen LogP contribution is 2.29. The number of rotatable bonds is 8. The summed E-state index contributed by atoms with van der Waals surface area (Å²) in [4.78, 5) is 23.6. The van der Waals surface area contributed by atoms with Crippen molar-refractivity contribution in [3.8, 4) is 22.8 Å². The summed E-state index contributed by atoms with van der Waals surface area (Å²) in [5.41, 5.74) is 5.73. The number of hydrogen-bond acceptors (Lipinski definition) is 7. The largest absolute Gasteiger partial charge is 0.460 e. The molecule has 0 bridgehead atoms. The zero-order chi connectivity index (χ0) is 25.9. The Morgan fingerprint density at radius 1 is 1.11 bits per heavy atom. The molecular weight excluding hydrogens is 440 g/mol. The quantitative estimate of drug-likeness (QED) is 0.362. The third kappa shape index (κ3) is 6.47. The number of nitrogens with zero attached hydrogens (tertiary/aromatic N) is 4. The molecule has 0 amide bonds. The summed E-state index contributed by atoms with van der Waals surface area (Å²) in [6.45, 7) is 16.1. The lowest BCUT2D eigenvalue weighted by Crippen LogP contribution is -2.27. The first kappa shape index (κ1) is 26.4. The molecule has 0 atom stereocenters. The number of ether oxygens (including phenoxy) is 1. The topological polar surface area (TPSA) is 81.4 Å². The summed E-state index contributed by atoms with van der Waals surface area (Å²) in [5.74, 6) is 1.74. The van der Waals surface area contributed by atoms with E-state index in [9.17, 15) is 4.79 Å². The van der Waals surface area contributed by atoms with Gasteiger partial charge < -0.3 is 14.2 Å². The Balaban J connectivity index is 1.83. The highest BCUT2D eigenvalue weighted by molar-refractivity contribution is 5.71. The normalized spacial score (nSPS) is 11.7. The first-order valence-electron chi connectivity index (χ1n) is 12.3. The van der Waals surface area contributed by atoms with E-state index in [1.165, 1.54) is 11.1 Å². The maximum atomic E-state index is 12.2. The van der Waals surface area contributed by atoms with Crippen LogP contribution in [0.1, 0.15) is 70.2 Å². The van der Waals surface area contributed by atoms with Crippen molar-refractivity contribution in [2.75, 3.05) is 11.9 Å². The zero-order valence-electron chi connectivity index (χ0n) is 22.5. The number of carbonyl (C=O) groups excluding carboxylic acids is 1. The number of benzene rings is 1. The molecule has 0 unspecified atom stereocenters. The van der Waals surface area contributed by atoms with Crippen LogP contribution in [0, 0.1) is 13.8 Å². The molecule has 0 aliphatic heterocycles. The molecular formula is C28H38N4O3. The predicted molar refractivity (Wildman–Crippen MR) is 140 cm³/mol. The number of esters is 1. The van der Waals surface area contributed by atoms with Crippen LogP contribution >= 0.6 is 0 Å². The van der Waals surface area contributed by atoms with Gasteiger partial charge >= 0.3 is 5.97 Å². The van der Waals surface area contributed by atoms with Gasteiger partial charge in [0.2, 0.25) is 5.82 Å². The van der Waals surface area contributed by atoms with Gasteiger partial charge in [-0.15, -0.1) is 0 Å². The molecule has 3 aromatic rings. The third-order valence-electron chi connectivity index (χ3n) is 6.04. The average Bonchev–Trinajstić information content (AvgIpc) is 3.26. The van der Waals surface area contributed by atoms with E-state index >= 15 is 0 Å². The SMILES string of the molecule is CCc1cc(-c2noc(-c3cnc(N(C)C(C)C)c(C)c3)n2)cc(C)c1CCC(=O)OC(C)(C)C. The van der Waals surface area contributed by atoms with Crippen molar-refractivity contribution in [2.45, 2.75) is 86.3 Å². The second-order valence-electron chi connectivity index (χ2n) is 10.4. The molecule has 35 heavy (non-hydrogen) atoms. The molecule has 0 aliphatic carbocycles. The molecule has 2 heterocycles. The van der Waals surface area contributed by atoms with Crippen LogP contribution in [0.5, 0.6) is 0 Å². The minimum atomic E-state index is -0.474. The Labute approximate surface area is 208 Å². The summed E-state index contributed by atoms with van der Waals surface area (Å²) in [6, 6.07) is 6.53. The molecule has 0 radical (unpaired) electrons. The van der Waals surface area contributed by atoms with E-state index in [0.717, 1.165) is 34.5 Å². The maximum Gasteiger partial charge on any atom is 0.306 e. The van der Waals surface area contributed by atoms with Crippen molar-refractivity contribution in [2.24, 2.45) is 0 Å². The van der Waals surface area contributed by atoms with Crippen molar-refractivity contribution in [3.05, 3.63) is 46.6 Å². The zero-order valence-corrected chi connectivity index (χ0v) is 22.5. The lowest BCUT2D eigenvalue weighted by molar-refractivity contribution is -0.154. The van der Waals surface area contributed by atoms with E-state index in [1.54, 1.807) is 6.20 Å². The molecule has 0 saturated heterocycles. The van der Waals surface area contributed by atoms with E-state index in [2.05, 4.69) is 59.9 Å². The Hall–Kier alpha value is -3.22. The van der Waals surface area contributed by atoms with Crippen LogP contribution in [0.15, 0.2) is 28.9 Å². The van der Waals surface area contributed by atoms with Crippen LogP contribution < -0.4 is 4.90 Å². The lowest BCUT2D eigenvalue weighted by Gasteiger charge is -2.24. The van der Waals surface area contributed by atoms with Crippen molar-refractivity contribution < 1.29 is 14.1 Å². The molecule has 3 rings (SSSR count). The monoisotopic (exact) mass is 478 g/mol. The molecule has 188 valence electrons.